The van der Waals surface area contributed by atoms with Crippen LogP contribution in [0.25, 0.3) is 5.65 Å². The number of alkyl halides is 6. The Hall–Kier alpha value is -2.77. The Morgan fingerprint density at radius 1 is 1.21 bits per heavy atom. The number of rotatable bonds is 5. The monoisotopic (exact) mass is 504 g/mol. The van der Waals surface area contributed by atoms with Gasteiger partial charge < -0.3 is 15.0 Å². The predicted molar refractivity (Wildman–Crippen MR) is 110 cm³/mol. The van der Waals surface area contributed by atoms with E-state index in [4.69, 9.17) is 4.74 Å². The summed E-state index contributed by atoms with van der Waals surface area (Å²) in [7, 11) is 0. The highest BCUT2D eigenvalue weighted by Gasteiger charge is 2.76. The lowest BCUT2D eigenvalue weighted by atomic mass is 9.71. The molecule has 7 nitrogen and oxygen atoms in total. The van der Waals surface area contributed by atoms with Crippen LogP contribution in [0, 0.1) is 24.2 Å². The normalized spacial score (nSPS) is 28.0. The molecule has 0 radical (unpaired) electrons. The average Bonchev–Trinajstić information content (AvgIpc) is 3.09. The van der Waals surface area contributed by atoms with Gasteiger partial charge in [-0.2, -0.15) is 35.7 Å². The molecule has 4 atom stereocenters. The third-order valence-corrected chi connectivity index (χ3v) is 7.98. The van der Waals surface area contributed by atoms with E-state index in [0.29, 0.717) is 16.5 Å². The van der Waals surface area contributed by atoms with Gasteiger partial charge in [0, 0.05) is 25.0 Å². The fourth-order valence-corrected chi connectivity index (χ4v) is 6.31. The van der Waals surface area contributed by atoms with Gasteiger partial charge in [0.1, 0.15) is 10.7 Å². The highest BCUT2D eigenvalue weighted by molar-refractivity contribution is 7.10. The van der Waals surface area contributed by atoms with Crippen molar-refractivity contribution in [2.24, 2.45) is 17.3 Å². The highest BCUT2D eigenvalue weighted by atomic mass is 32.1. The second-order valence-corrected chi connectivity index (χ2v) is 9.95. The lowest BCUT2D eigenvalue weighted by Crippen LogP contribution is -2.47. The van der Waals surface area contributed by atoms with Gasteiger partial charge in [-0.3, -0.25) is 0 Å². The predicted octanol–water partition coefficient (Wildman–Crippen LogP) is 4.39. The quantitative estimate of drug-likeness (QED) is 0.520. The average molecular weight is 504 g/mol. The Morgan fingerprint density at radius 3 is 2.68 bits per heavy atom. The van der Waals surface area contributed by atoms with E-state index < -0.39 is 36.1 Å². The van der Waals surface area contributed by atoms with Crippen LogP contribution in [0.4, 0.5) is 37.3 Å². The number of pyridine rings is 1. The van der Waals surface area contributed by atoms with Gasteiger partial charge in [0.05, 0.1) is 5.69 Å². The maximum absolute atomic E-state index is 13.5. The molecule has 2 aliphatic carbocycles. The molecule has 1 saturated heterocycles. The summed E-state index contributed by atoms with van der Waals surface area (Å²) in [5.74, 6) is 0.139. The molecule has 1 aliphatic heterocycles. The van der Waals surface area contributed by atoms with Crippen molar-refractivity contribution < 1.29 is 31.1 Å². The smallest absolute Gasteiger partial charge is 0.433 e. The Morgan fingerprint density at radius 2 is 2.00 bits per heavy atom. The number of nitrogens with one attached hydrogen (secondary N) is 1. The van der Waals surface area contributed by atoms with Gasteiger partial charge in [-0.05, 0) is 54.4 Å². The number of ether oxygens (including phenoxy) is 1. The van der Waals surface area contributed by atoms with Gasteiger partial charge in [-0.25, -0.2) is 4.52 Å². The summed E-state index contributed by atoms with van der Waals surface area (Å²) in [6, 6.07) is 3.49. The van der Waals surface area contributed by atoms with E-state index in [1.54, 1.807) is 0 Å². The summed E-state index contributed by atoms with van der Waals surface area (Å²) in [6.45, 7) is 1.99. The minimum absolute atomic E-state index is 0.0229. The number of halogens is 6. The molecule has 1 N–H and O–H groups in total. The molecule has 14 heteroatoms. The number of aromatic nitrogens is 4. The number of nitrogens with zero attached hydrogens (tertiary/aromatic N) is 5. The minimum atomic E-state index is -4.77. The molecule has 34 heavy (non-hydrogen) atoms. The van der Waals surface area contributed by atoms with Crippen LogP contribution in [-0.4, -0.2) is 50.9 Å². The fraction of sp³-hybridized carbons (Fsp3) is 0.550. The molecule has 3 aromatic rings. The second kappa shape index (κ2) is 6.89. The van der Waals surface area contributed by atoms with E-state index in [-0.39, 0.29) is 23.3 Å². The lowest BCUT2D eigenvalue weighted by molar-refractivity contribution is -0.153. The SMILES string of the molecule is Cc1cc(N2C[C@H]3[C@H](Nc4nc5c(OCC(F)(F)F)ccc(C(F)(F)F)n5n4)[C@@H]4CC34C2)sn1. The summed E-state index contributed by atoms with van der Waals surface area (Å²) >= 11 is 1.44. The van der Waals surface area contributed by atoms with Crippen LogP contribution in [0.15, 0.2) is 18.2 Å². The topological polar surface area (TPSA) is 67.6 Å². The van der Waals surface area contributed by atoms with E-state index >= 15 is 0 Å². The molecule has 182 valence electrons. The van der Waals surface area contributed by atoms with Gasteiger partial charge in [0.2, 0.25) is 5.95 Å². The molecular weight excluding hydrogens is 486 g/mol. The van der Waals surface area contributed by atoms with Crippen molar-refractivity contribution in [3.63, 3.8) is 0 Å². The Kier molecular flexibility index (Phi) is 4.41. The molecular formula is C20H18F6N6OS. The van der Waals surface area contributed by atoms with E-state index in [1.165, 1.54) is 11.5 Å². The van der Waals surface area contributed by atoms with Gasteiger partial charge in [0.15, 0.2) is 18.0 Å². The van der Waals surface area contributed by atoms with E-state index in [0.717, 1.165) is 36.3 Å². The molecule has 2 saturated carbocycles. The molecule has 3 aliphatic rings. The summed E-state index contributed by atoms with van der Waals surface area (Å²) in [4.78, 5) is 6.37. The zero-order chi connectivity index (χ0) is 24.0. The summed E-state index contributed by atoms with van der Waals surface area (Å²) in [5.41, 5.74) is -0.426. The van der Waals surface area contributed by atoms with Crippen LogP contribution in [0.1, 0.15) is 17.8 Å². The van der Waals surface area contributed by atoms with Crippen molar-refractivity contribution in [3.8, 4) is 5.75 Å². The van der Waals surface area contributed by atoms with Gasteiger partial charge >= 0.3 is 12.4 Å². The maximum atomic E-state index is 13.5. The van der Waals surface area contributed by atoms with Crippen molar-refractivity contribution in [1.82, 2.24) is 19.0 Å². The maximum Gasteiger partial charge on any atom is 0.433 e. The highest BCUT2D eigenvalue weighted by Crippen LogP contribution is 2.74. The Bertz CT molecular complexity index is 1270. The zero-order valence-corrected chi connectivity index (χ0v) is 18.4. The number of aryl methyl sites for hydroxylation is 1. The Balaban J connectivity index is 1.26. The van der Waals surface area contributed by atoms with Crippen LogP contribution in [0.5, 0.6) is 5.75 Å². The summed E-state index contributed by atoms with van der Waals surface area (Å²) in [5, 5.41) is 8.19. The van der Waals surface area contributed by atoms with E-state index in [2.05, 4.69) is 24.7 Å². The molecule has 3 fully saturated rings. The van der Waals surface area contributed by atoms with Crippen molar-refractivity contribution in [3.05, 3.63) is 29.6 Å². The molecule has 3 aromatic heterocycles. The largest absolute Gasteiger partial charge is 0.480 e. The van der Waals surface area contributed by atoms with Crippen molar-refractivity contribution in [2.45, 2.75) is 31.7 Å². The third-order valence-electron chi connectivity index (χ3n) is 7.04. The van der Waals surface area contributed by atoms with E-state index in [1.807, 2.05) is 13.0 Å². The number of hydrogen-bond acceptors (Lipinski definition) is 7. The lowest BCUT2D eigenvalue weighted by Gasteiger charge is -2.38. The Labute approximate surface area is 192 Å². The molecule has 0 aromatic carbocycles. The van der Waals surface area contributed by atoms with E-state index in [9.17, 15) is 26.3 Å². The number of fused-ring (bicyclic) bond motifs is 1. The second-order valence-electron chi connectivity index (χ2n) is 9.16. The number of anilines is 2. The minimum Gasteiger partial charge on any atom is -0.480 e. The van der Waals surface area contributed by atoms with Crippen LogP contribution < -0.4 is 15.0 Å². The molecule has 0 amide bonds. The first-order chi connectivity index (χ1) is 15.9. The van der Waals surface area contributed by atoms with Crippen LogP contribution >= 0.6 is 11.5 Å². The first-order valence-electron chi connectivity index (χ1n) is 10.6. The molecule has 1 unspecified atom stereocenters. The fourth-order valence-electron chi connectivity index (χ4n) is 5.54. The molecule has 6 rings (SSSR count). The molecule has 1 spiro atoms. The molecule has 4 heterocycles. The van der Waals surface area contributed by atoms with Crippen molar-refractivity contribution >= 4 is 28.1 Å². The van der Waals surface area contributed by atoms with Crippen LogP contribution in [-0.2, 0) is 6.18 Å². The first kappa shape index (κ1) is 21.7. The molecule has 0 bridgehead atoms. The number of hydrogen-bond donors (Lipinski definition) is 1. The summed E-state index contributed by atoms with van der Waals surface area (Å²) < 4.78 is 87.8. The van der Waals surface area contributed by atoms with Crippen molar-refractivity contribution in [1.29, 1.82) is 0 Å². The standard InChI is InChI=1S/C20H18F6N6OS/c1-9-4-14(34-30-9)31-6-11-15(10-5-18(10,11)7-31)27-17-28-16-12(33-8-19(21,22)23)2-3-13(20(24,25)26)32(16)29-17/h2-4,10-11,15H,5-8H2,1H3,(H,27,29)/t10-,11-,15+,18?/m0/s1. The van der Waals surface area contributed by atoms with Crippen LogP contribution in [0.3, 0.4) is 0 Å². The van der Waals surface area contributed by atoms with Crippen LogP contribution in [0.2, 0.25) is 0 Å². The van der Waals surface area contributed by atoms with Gasteiger partial charge in [-0.1, -0.05) is 0 Å². The van der Waals surface area contributed by atoms with Crippen molar-refractivity contribution in [2.75, 3.05) is 29.9 Å². The van der Waals surface area contributed by atoms with Gasteiger partial charge in [-0.15, -0.1) is 5.10 Å². The zero-order valence-electron chi connectivity index (χ0n) is 17.6. The summed E-state index contributed by atoms with van der Waals surface area (Å²) in [6.07, 6.45) is -8.41. The van der Waals surface area contributed by atoms with Gasteiger partial charge in [0.25, 0.3) is 0 Å². The first-order valence-corrected chi connectivity index (χ1v) is 11.3. The third kappa shape index (κ3) is 3.36.